The van der Waals surface area contributed by atoms with Gasteiger partial charge in [0.05, 0.1) is 34.1 Å². The van der Waals surface area contributed by atoms with Gasteiger partial charge in [0.15, 0.2) is 22.3 Å². The van der Waals surface area contributed by atoms with Crippen LogP contribution in [0.4, 0.5) is 34.1 Å². The second-order valence-corrected chi connectivity index (χ2v) is 18.3. The summed E-state index contributed by atoms with van der Waals surface area (Å²) in [4.78, 5) is 4.69. The van der Waals surface area contributed by atoms with E-state index < -0.39 is 0 Å². The Labute approximate surface area is 398 Å². The second-order valence-electron chi connectivity index (χ2n) is 18.3. The first-order valence-corrected chi connectivity index (χ1v) is 23.7. The van der Waals surface area contributed by atoms with Gasteiger partial charge in [0.2, 0.25) is 0 Å². The van der Waals surface area contributed by atoms with Gasteiger partial charge in [-0.25, -0.2) is 0 Å². The number of rotatable bonds is 6. The summed E-state index contributed by atoms with van der Waals surface area (Å²) >= 11 is 0. The zero-order valence-corrected chi connectivity index (χ0v) is 37.3. The van der Waals surface area contributed by atoms with Crippen LogP contribution in [0, 0.1) is 0 Å². The molecule has 0 fully saturated rings. The van der Waals surface area contributed by atoms with Crippen molar-refractivity contribution in [3.8, 4) is 0 Å². The molecule has 4 heterocycles. The number of hydrogen-bond donors (Lipinski definition) is 0. The van der Waals surface area contributed by atoms with Crippen LogP contribution in [0.5, 0.6) is 0 Å². The van der Waals surface area contributed by atoms with Gasteiger partial charge in [0.1, 0.15) is 22.3 Å². The van der Waals surface area contributed by atoms with E-state index in [1.54, 1.807) is 0 Å². The molecule has 6 heteroatoms. The van der Waals surface area contributed by atoms with Crippen LogP contribution in [0.15, 0.2) is 236 Å². The Bertz CT molecular complexity index is 4290. The highest BCUT2D eigenvalue weighted by Crippen LogP contribution is 2.52. The standard InChI is InChI=1S/C64H36N2O4/c1-5-25-55-39(13-1)43-17-9-21-51(61(43)67-55)65(52-22-10-18-44-40-14-2-6-26-56(40)68-62(44)52)49-35-31-37-30-34-48-50(36-32-38-29-33-47(49)59(37)60(38)48)66(53-23-11-19-45-41-15-3-7-27-57(41)69-63(45)53)54-24-12-20-46-42-16-4-8-28-58(42)70-64(46)54/h1-36H. The van der Waals surface area contributed by atoms with Crippen molar-refractivity contribution < 1.29 is 17.7 Å². The Morgan fingerprint density at radius 3 is 0.786 bits per heavy atom. The molecule has 0 saturated carbocycles. The Balaban J connectivity index is 0.998. The highest BCUT2D eigenvalue weighted by Gasteiger charge is 2.28. The molecule has 16 aromatic rings. The average molecular weight is 897 g/mol. The molecule has 0 radical (unpaired) electrons. The van der Waals surface area contributed by atoms with Gasteiger partial charge in [-0.3, -0.25) is 0 Å². The number of benzene rings is 12. The Kier molecular flexibility index (Phi) is 7.52. The van der Waals surface area contributed by atoms with Gasteiger partial charge in [0.25, 0.3) is 0 Å². The molecule has 6 nitrogen and oxygen atoms in total. The Morgan fingerprint density at radius 2 is 0.471 bits per heavy atom. The van der Waals surface area contributed by atoms with Crippen LogP contribution in [0.3, 0.4) is 0 Å². The zero-order chi connectivity index (χ0) is 45.6. The first-order valence-electron chi connectivity index (χ1n) is 23.7. The maximum Gasteiger partial charge on any atom is 0.159 e. The summed E-state index contributed by atoms with van der Waals surface area (Å²) in [7, 11) is 0. The van der Waals surface area contributed by atoms with E-state index in [4.69, 9.17) is 17.7 Å². The van der Waals surface area contributed by atoms with Crippen LogP contribution >= 0.6 is 0 Å². The number of nitrogens with zero attached hydrogens (tertiary/aromatic N) is 2. The lowest BCUT2D eigenvalue weighted by Crippen LogP contribution is -2.12. The van der Waals surface area contributed by atoms with Gasteiger partial charge in [-0.05, 0) is 82.2 Å². The van der Waals surface area contributed by atoms with Gasteiger partial charge < -0.3 is 27.5 Å². The first-order chi connectivity index (χ1) is 34.7. The van der Waals surface area contributed by atoms with E-state index in [9.17, 15) is 0 Å². The van der Waals surface area contributed by atoms with Crippen LogP contribution in [0.2, 0.25) is 0 Å². The van der Waals surface area contributed by atoms with Crippen molar-refractivity contribution in [1.29, 1.82) is 0 Å². The van der Waals surface area contributed by atoms with Crippen molar-refractivity contribution in [2.75, 3.05) is 9.80 Å². The number of furan rings is 4. The summed E-state index contributed by atoms with van der Waals surface area (Å²) in [6.07, 6.45) is 0. The van der Waals surface area contributed by atoms with Gasteiger partial charge in [-0.2, -0.15) is 0 Å². The Morgan fingerprint density at radius 1 is 0.200 bits per heavy atom. The largest absolute Gasteiger partial charge is 0.454 e. The third-order valence-corrected chi connectivity index (χ3v) is 14.6. The van der Waals surface area contributed by atoms with Crippen molar-refractivity contribution in [2.45, 2.75) is 0 Å². The molecule has 0 bridgehead atoms. The van der Waals surface area contributed by atoms with E-state index in [0.29, 0.717) is 0 Å². The molecular weight excluding hydrogens is 861 g/mol. The lowest BCUT2D eigenvalue weighted by Gasteiger charge is -2.29. The molecule has 326 valence electrons. The average Bonchev–Trinajstić information content (AvgIpc) is 4.20. The first kappa shape index (κ1) is 37.6. The van der Waals surface area contributed by atoms with Crippen molar-refractivity contribution in [3.63, 3.8) is 0 Å². The SMILES string of the molecule is c1ccc2c(c1)oc1c(N(c3ccc4ccc5c(N(c6cccc7c6oc6ccccc67)c6cccc7c6oc6ccccc67)ccc6ccc3c4c65)c3cccc4c3oc3ccccc34)cccc12. The minimum absolute atomic E-state index is 0.806. The number of para-hydroxylation sites is 8. The third-order valence-electron chi connectivity index (χ3n) is 14.6. The van der Waals surface area contributed by atoms with E-state index in [1.807, 2.05) is 48.5 Å². The zero-order valence-electron chi connectivity index (χ0n) is 37.3. The molecule has 0 aliphatic carbocycles. The molecular formula is C64H36N2O4. The summed E-state index contributed by atoms with van der Waals surface area (Å²) in [6, 6.07) is 77.0. The molecule has 4 aromatic heterocycles. The van der Waals surface area contributed by atoms with Crippen LogP contribution in [-0.2, 0) is 0 Å². The highest BCUT2D eigenvalue weighted by molar-refractivity contribution is 6.29. The van der Waals surface area contributed by atoms with E-state index in [1.165, 1.54) is 0 Å². The molecule has 16 rings (SSSR count). The molecule has 0 aliphatic heterocycles. The molecule has 0 aliphatic rings. The monoisotopic (exact) mass is 896 g/mol. The van der Waals surface area contributed by atoms with Crippen molar-refractivity contribution in [2.24, 2.45) is 0 Å². The van der Waals surface area contributed by atoms with Crippen LogP contribution in [-0.4, -0.2) is 0 Å². The minimum atomic E-state index is 0.806. The quantitative estimate of drug-likeness (QED) is 0.155. The van der Waals surface area contributed by atoms with Crippen molar-refractivity contribution >= 4 is 154 Å². The molecule has 0 spiro atoms. The molecule has 0 N–H and O–H groups in total. The topological polar surface area (TPSA) is 59.0 Å². The van der Waals surface area contributed by atoms with Gasteiger partial charge in [-0.15, -0.1) is 0 Å². The summed E-state index contributed by atoms with van der Waals surface area (Å²) in [6.45, 7) is 0. The smallest absolute Gasteiger partial charge is 0.159 e. The van der Waals surface area contributed by atoms with Crippen LogP contribution < -0.4 is 9.80 Å². The van der Waals surface area contributed by atoms with E-state index in [2.05, 4.69) is 180 Å². The third kappa shape index (κ3) is 5.11. The normalized spacial score (nSPS) is 12.3. The summed E-state index contributed by atoms with van der Waals surface area (Å²) in [5, 5.41) is 15.3. The lowest BCUT2D eigenvalue weighted by molar-refractivity contribution is 0.665. The second kappa shape index (κ2) is 14.0. The minimum Gasteiger partial charge on any atom is -0.454 e. The van der Waals surface area contributed by atoms with E-state index in [0.717, 1.165) is 154 Å². The molecule has 0 atom stereocenters. The maximum absolute atomic E-state index is 6.84. The van der Waals surface area contributed by atoms with E-state index >= 15 is 0 Å². The Hall–Kier alpha value is -9.52. The number of hydrogen-bond acceptors (Lipinski definition) is 6. The summed E-state index contributed by atoms with van der Waals surface area (Å²) < 4.78 is 27.3. The summed E-state index contributed by atoms with van der Waals surface area (Å²) in [5.41, 5.74) is 12.3. The fraction of sp³-hybridized carbons (Fsp3) is 0. The fourth-order valence-corrected chi connectivity index (χ4v) is 11.6. The fourth-order valence-electron chi connectivity index (χ4n) is 11.6. The maximum atomic E-state index is 6.84. The lowest BCUT2D eigenvalue weighted by atomic mass is 9.91. The van der Waals surface area contributed by atoms with Gasteiger partial charge >= 0.3 is 0 Å². The molecule has 70 heavy (non-hydrogen) atoms. The van der Waals surface area contributed by atoms with Crippen LogP contribution in [0.1, 0.15) is 0 Å². The van der Waals surface area contributed by atoms with Gasteiger partial charge in [0, 0.05) is 53.9 Å². The molecule has 12 aromatic carbocycles. The molecule has 0 saturated heterocycles. The number of anilines is 6. The molecule has 0 amide bonds. The predicted molar refractivity (Wildman–Crippen MR) is 289 cm³/mol. The number of fused-ring (bicyclic) bond motifs is 12. The van der Waals surface area contributed by atoms with Crippen molar-refractivity contribution in [1.82, 2.24) is 0 Å². The predicted octanol–water partition coefficient (Wildman–Crippen LogP) is 19.1. The molecule has 0 unspecified atom stereocenters. The van der Waals surface area contributed by atoms with E-state index in [-0.39, 0.29) is 0 Å². The summed E-state index contributed by atoms with van der Waals surface area (Å²) in [5.74, 6) is 0. The highest BCUT2D eigenvalue weighted by atomic mass is 16.3. The van der Waals surface area contributed by atoms with Crippen molar-refractivity contribution in [3.05, 3.63) is 218 Å². The van der Waals surface area contributed by atoms with Gasteiger partial charge in [-0.1, -0.05) is 158 Å². The van der Waals surface area contributed by atoms with Crippen LogP contribution in [0.25, 0.3) is 120 Å².